The Morgan fingerprint density at radius 2 is 2.12 bits per heavy atom. The van der Waals surface area contributed by atoms with Crippen LogP contribution in [0, 0.1) is 0 Å². The molecular weight excluding hydrogens is 304 g/mol. The Morgan fingerprint density at radius 3 is 2.76 bits per heavy atom. The number of aromatic hydroxyl groups is 1. The van der Waals surface area contributed by atoms with E-state index in [2.05, 4.69) is 25.9 Å². The monoisotopic (exact) mass is 318 g/mol. The highest BCUT2D eigenvalue weighted by Crippen LogP contribution is 2.30. The van der Waals surface area contributed by atoms with Crippen LogP contribution in [0.5, 0.6) is 5.88 Å². The minimum atomic E-state index is -0.322. The lowest BCUT2D eigenvalue weighted by molar-refractivity contribution is 0.444. The molecule has 1 saturated carbocycles. The second-order valence-electron chi connectivity index (χ2n) is 4.22. The summed E-state index contributed by atoms with van der Waals surface area (Å²) in [6, 6.07) is 0. The van der Waals surface area contributed by atoms with Gasteiger partial charge in [-0.25, -0.2) is 0 Å². The van der Waals surface area contributed by atoms with E-state index >= 15 is 0 Å². The minimum absolute atomic E-state index is 0.101. The largest absolute Gasteiger partial charge is 0.492 e. The Kier molecular flexibility index (Phi) is 4.50. The van der Waals surface area contributed by atoms with Gasteiger partial charge in [-0.15, -0.1) is 0 Å². The average molecular weight is 319 g/mol. The van der Waals surface area contributed by atoms with Crippen LogP contribution in [0.1, 0.15) is 37.9 Å². The summed E-state index contributed by atoms with van der Waals surface area (Å²) in [5.41, 5.74) is -0.322. The second-order valence-corrected chi connectivity index (χ2v) is 6.30. The fraction of sp³-hybridized carbons (Fsp3) is 0.636. The third-order valence-electron chi connectivity index (χ3n) is 2.90. The third kappa shape index (κ3) is 3.48. The van der Waals surface area contributed by atoms with Crippen molar-refractivity contribution in [2.75, 3.05) is 0 Å². The highest BCUT2D eigenvalue weighted by atomic mass is 79.9. The zero-order valence-electron chi connectivity index (χ0n) is 9.41. The van der Waals surface area contributed by atoms with Crippen molar-refractivity contribution in [1.29, 1.82) is 0 Å². The molecule has 17 heavy (non-hydrogen) atoms. The maximum atomic E-state index is 11.4. The number of hydrogen-bond donors (Lipinski definition) is 2. The maximum Gasteiger partial charge on any atom is 0.269 e. The summed E-state index contributed by atoms with van der Waals surface area (Å²) in [6.07, 6.45) is 6.43. The van der Waals surface area contributed by atoms with Crippen LogP contribution in [0.3, 0.4) is 0 Å². The summed E-state index contributed by atoms with van der Waals surface area (Å²) in [5.74, 6) is 0.972. The van der Waals surface area contributed by atoms with E-state index in [4.69, 9.17) is 0 Å². The zero-order chi connectivity index (χ0) is 12.3. The molecule has 0 unspecified atom stereocenters. The van der Waals surface area contributed by atoms with Crippen molar-refractivity contribution in [3.63, 3.8) is 0 Å². The zero-order valence-corrected chi connectivity index (χ0v) is 11.8. The number of hydrogen-bond acceptors (Lipinski definition) is 4. The SMILES string of the molecule is O=c1[nH]c(CSC2CCCCC2)nc(O)c1Br. The van der Waals surface area contributed by atoms with Gasteiger partial charge in [-0.3, -0.25) is 4.79 Å². The summed E-state index contributed by atoms with van der Waals surface area (Å²) in [7, 11) is 0. The van der Waals surface area contributed by atoms with Crippen LogP contribution in [0.4, 0.5) is 0 Å². The van der Waals surface area contributed by atoms with Crippen LogP contribution in [0.25, 0.3) is 0 Å². The Bertz CT molecular complexity index is 444. The van der Waals surface area contributed by atoms with Crippen molar-refractivity contribution in [1.82, 2.24) is 9.97 Å². The van der Waals surface area contributed by atoms with Crippen LogP contribution < -0.4 is 5.56 Å². The highest BCUT2D eigenvalue weighted by molar-refractivity contribution is 9.10. The van der Waals surface area contributed by atoms with E-state index < -0.39 is 0 Å². The molecule has 0 spiro atoms. The molecule has 0 saturated heterocycles. The maximum absolute atomic E-state index is 11.4. The first-order valence-electron chi connectivity index (χ1n) is 5.76. The first kappa shape index (κ1) is 13.0. The topological polar surface area (TPSA) is 66.0 Å². The van der Waals surface area contributed by atoms with Gasteiger partial charge in [0, 0.05) is 5.25 Å². The van der Waals surface area contributed by atoms with Gasteiger partial charge in [0.15, 0.2) is 0 Å². The summed E-state index contributed by atoms with van der Waals surface area (Å²) >= 11 is 4.79. The summed E-state index contributed by atoms with van der Waals surface area (Å²) < 4.78 is 0.101. The van der Waals surface area contributed by atoms with Gasteiger partial charge >= 0.3 is 0 Å². The van der Waals surface area contributed by atoms with Crippen molar-refractivity contribution in [2.24, 2.45) is 0 Å². The predicted molar refractivity (Wildman–Crippen MR) is 72.4 cm³/mol. The molecule has 0 atom stereocenters. The van der Waals surface area contributed by atoms with Crippen molar-refractivity contribution < 1.29 is 5.11 Å². The molecule has 1 aliphatic carbocycles. The summed E-state index contributed by atoms with van der Waals surface area (Å²) in [5, 5.41) is 10.1. The predicted octanol–water partition coefficient (Wildman–Crippen LogP) is 2.80. The average Bonchev–Trinajstić information content (AvgIpc) is 2.34. The molecular formula is C11H15BrN2O2S. The standard InChI is InChI=1S/C11H15BrN2O2S/c12-9-10(15)13-8(14-11(9)16)6-17-7-4-2-1-3-5-7/h7H,1-6H2,(H2,13,14,15,16). The van der Waals surface area contributed by atoms with Gasteiger partial charge in [-0.1, -0.05) is 19.3 Å². The summed E-state index contributed by atoms with van der Waals surface area (Å²) in [4.78, 5) is 18.0. The minimum Gasteiger partial charge on any atom is -0.492 e. The van der Waals surface area contributed by atoms with E-state index in [0.29, 0.717) is 16.8 Å². The number of aromatic nitrogens is 2. The van der Waals surface area contributed by atoms with E-state index in [1.807, 2.05) is 11.8 Å². The Hall–Kier alpha value is -0.490. The smallest absolute Gasteiger partial charge is 0.269 e. The van der Waals surface area contributed by atoms with E-state index in [1.54, 1.807) is 0 Å². The molecule has 0 aliphatic heterocycles. The highest BCUT2D eigenvalue weighted by Gasteiger charge is 2.15. The van der Waals surface area contributed by atoms with E-state index in [0.717, 1.165) is 0 Å². The molecule has 0 amide bonds. The number of rotatable bonds is 3. The molecule has 2 N–H and O–H groups in total. The molecule has 2 rings (SSSR count). The molecule has 4 nitrogen and oxygen atoms in total. The fourth-order valence-corrected chi connectivity index (χ4v) is 3.37. The van der Waals surface area contributed by atoms with Crippen molar-refractivity contribution >= 4 is 27.7 Å². The molecule has 1 fully saturated rings. The lowest BCUT2D eigenvalue weighted by Gasteiger charge is -2.20. The molecule has 1 aromatic rings. The molecule has 0 aromatic carbocycles. The van der Waals surface area contributed by atoms with Gasteiger partial charge in [-0.05, 0) is 28.8 Å². The van der Waals surface area contributed by atoms with Crippen molar-refractivity contribution in [2.45, 2.75) is 43.1 Å². The number of halogens is 1. The first-order chi connectivity index (χ1) is 8.16. The number of aromatic amines is 1. The van der Waals surface area contributed by atoms with E-state index in [-0.39, 0.29) is 15.9 Å². The van der Waals surface area contributed by atoms with Gasteiger partial charge < -0.3 is 10.1 Å². The molecule has 0 bridgehead atoms. The first-order valence-corrected chi connectivity index (χ1v) is 7.60. The Balaban J connectivity index is 1.96. The van der Waals surface area contributed by atoms with Crippen LogP contribution in [-0.2, 0) is 5.75 Å². The third-order valence-corrected chi connectivity index (χ3v) is 5.00. The molecule has 1 aromatic heterocycles. The van der Waals surface area contributed by atoms with Crippen LogP contribution in [0.15, 0.2) is 9.27 Å². The summed E-state index contributed by atoms with van der Waals surface area (Å²) in [6.45, 7) is 0. The van der Waals surface area contributed by atoms with Crippen LogP contribution in [-0.4, -0.2) is 20.3 Å². The fourth-order valence-electron chi connectivity index (χ4n) is 1.99. The number of nitrogens with zero attached hydrogens (tertiary/aromatic N) is 1. The van der Waals surface area contributed by atoms with Crippen LogP contribution >= 0.6 is 27.7 Å². The number of thioether (sulfide) groups is 1. The van der Waals surface area contributed by atoms with Gasteiger partial charge in [0.25, 0.3) is 5.56 Å². The van der Waals surface area contributed by atoms with Gasteiger partial charge in [0.1, 0.15) is 10.3 Å². The number of nitrogens with one attached hydrogen (secondary N) is 1. The van der Waals surface area contributed by atoms with Gasteiger partial charge in [0.05, 0.1) is 5.75 Å². The Morgan fingerprint density at radius 1 is 1.41 bits per heavy atom. The molecule has 1 heterocycles. The Labute approximate surface area is 112 Å². The van der Waals surface area contributed by atoms with Crippen LogP contribution in [0.2, 0.25) is 0 Å². The molecule has 0 radical (unpaired) electrons. The second kappa shape index (κ2) is 5.91. The molecule has 94 valence electrons. The molecule has 6 heteroatoms. The van der Waals surface area contributed by atoms with Crippen molar-refractivity contribution in [3.8, 4) is 5.88 Å². The van der Waals surface area contributed by atoms with E-state index in [1.165, 1.54) is 32.1 Å². The quantitative estimate of drug-likeness (QED) is 0.899. The van der Waals surface area contributed by atoms with Gasteiger partial charge in [-0.2, -0.15) is 16.7 Å². The van der Waals surface area contributed by atoms with Gasteiger partial charge in [0.2, 0.25) is 5.88 Å². The van der Waals surface area contributed by atoms with E-state index in [9.17, 15) is 9.90 Å². The lowest BCUT2D eigenvalue weighted by atomic mass is 10.0. The molecule has 1 aliphatic rings. The van der Waals surface area contributed by atoms with Crippen molar-refractivity contribution in [3.05, 3.63) is 20.7 Å². The lowest BCUT2D eigenvalue weighted by Crippen LogP contribution is -2.13. The normalized spacial score (nSPS) is 17.2. The number of H-pyrrole nitrogens is 1.